The molecule has 0 spiro atoms. The first kappa shape index (κ1) is 21.7. The summed E-state index contributed by atoms with van der Waals surface area (Å²) in [5.74, 6) is 0.444. The normalized spacial score (nSPS) is 10.6. The van der Waals surface area contributed by atoms with Gasteiger partial charge in [0.05, 0.1) is 0 Å². The van der Waals surface area contributed by atoms with Gasteiger partial charge in [-0.2, -0.15) is 0 Å². The number of primary amides is 1. The average molecular weight is 487 g/mol. The van der Waals surface area contributed by atoms with E-state index in [4.69, 9.17) is 10.5 Å². The lowest BCUT2D eigenvalue weighted by Crippen LogP contribution is -2.16. The van der Waals surface area contributed by atoms with Crippen molar-refractivity contribution in [2.24, 2.45) is 5.73 Å². The molecule has 0 aliphatic heterocycles. The number of amides is 1. The second-order valence-corrected chi connectivity index (χ2v) is 8.53. The summed E-state index contributed by atoms with van der Waals surface area (Å²) < 4.78 is 6.25. The average Bonchev–Trinajstić information content (AvgIpc) is 2.78. The van der Waals surface area contributed by atoms with Gasteiger partial charge in [-0.05, 0) is 80.1 Å². The molecule has 160 valence electrons. The van der Waals surface area contributed by atoms with Crippen LogP contribution in [0.2, 0.25) is 0 Å². The van der Waals surface area contributed by atoms with Crippen LogP contribution in [0.5, 0.6) is 5.75 Å². The molecule has 4 aromatic rings. The van der Waals surface area contributed by atoms with Crippen LogP contribution >= 0.6 is 15.9 Å². The van der Waals surface area contributed by atoms with Crippen molar-refractivity contribution in [1.29, 1.82) is 0 Å². The zero-order chi connectivity index (χ0) is 22.7. The molecule has 5 heteroatoms. The van der Waals surface area contributed by atoms with Crippen LogP contribution < -0.4 is 15.4 Å². The van der Waals surface area contributed by atoms with E-state index in [1.54, 1.807) is 6.07 Å². The van der Waals surface area contributed by atoms with Gasteiger partial charge in [0.1, 0.15) is 5.75 Å². The Balaban J connectivity index is 1.76. The van der Waals surface area contributed by atoms with Crippen molar-refractivity contribution in [1.82, 2.24) is 0 Å². The van der Waals surface area contributed by atoms with Gasteiger partial charge in [0.2, 0.25) is 0 Å². The number of anilines is 3. The van der Waals surface area contributed by atoms with Crippen molar-refractivity contribution < 1.29 is 9.53 Å². The van der Waals surface area contributed by atoms with Gasteiger partial charge in [0.25, 0.3) is 0 Å². The zero-order valence-electron chi connectivity index (χ0n) is 17.9. The Labute approximate surface area is 196 Å². The molecule has 0 aliphatic carbocycles. The molecule has 4 nitrogen and oxygen atoms in total. The summed E-state index contributed by atoms with van der Waals surface area (Å²) in [6, 6.07) is 30.5. The quantitative estimate of drug-likeness (QED) is 0.314. The molecule has 0 saturated heterocycles. The predicted octanol–water partition coefficient (Wildman–Crippen LogP) is 7.66. The van der Waals surface area contributed by atoms with Gasteiger partial charge in [-0.3, -0.25) is 0 Å². The van der Waals surface area contributed by atoms with Gasteiger partial charge in [0, 0.05) is 27.1 Å². The van der Waals surface area contributed by atoms with Crippen molar-refractivity contribution in [3.05, 3.63) is 107 Å². The standard InChI is InChI=1S/C27H23BrN2O2/c1-18-3-10-22(11-4-18)30(24-14-8-21(28)9-15-24)23-12-6-20(7-13-23)25-17-19(2)5-16-26(25)32-27(29)31/h3-17H,1-2H3,(H2,29,31). The van der Waals surface area contributed by atoms with Gasteiger partial charge in [-0.15, -0.1) is 0 Å². The van der Waals surface area contributed by atoms with Crippen LogP contribution in [0.1, 0.15) is 11.1 Å². The Hall–Kier alpha value is -3.57. The van der Waals surface area contributed by atoms with E-state index < -0.39 is 6.09 Å². The minimum atomic E-state index is -0.826. The van der Waals surface area contributed by atoms with Crippen LogP contribution in [0.15, 0.2) is 95.5 Å². The van der Waals surface area contributed by atoms with E-state index in [1.165, 1.54) is 5.56 Å². The van der Waals surface area contributed by atoms with Crippen LogP contribution in [-0.4, -0.2) is 6.09 Å². The number of hydrogen-bond acceptors (Lipinski definition) is 3. The number of halogens is 1. The fourth-order valence-electron chi connectivity index (χ4n) is 3.59. The first-order valence-electron chi connectivity index (χ1n) is 10.2. The Kier molecular flexibility index (Phi) is 6.28. The Morgan fingerprint density at radius 2 is 1.25 bits per heavy atom. The number of hydrogen-bond donors (Lipinski definition) is 1. The molecule has 4 rings (SSSR count). The highest BCUT2D eigenvalue weighted by molar-refractivity contribution is 9.10. The highest BCUT2D eigenvalue weighted by Crippen LogP contribution is 2.37. The molecule has 0 radical (unpaired) electrons. The number of ether oxygens (including phenoxy) is 1. The molecule has 32 heavy (non-hydrogen) atoms. The maximum atomic E-state index is 11.3. The van der Waals surface area contributed by atoms with Gasteiger partial charge in [-0.25, -0.2) is 4.79 Å². The van der Waals surface area contributed by atoms with Crippen LogP contribution in [-0.2, 0) is 0 Å². The second-order valence-electron chi connectivity index (χ2n) is 7.61. The molecule has 0 aliphatic rings. The summed E-state index contributed by atoms with van der Waals surface area (Å²) in [5.41, 5.74) is 12.4. The van der Waals surface area contributed by atoms with E-state index in [0.717, 1.165) is 38.2 Å². The van der Waals surface area contributed by atoms with E-state index in [1.807, 2.05) is 43.3 Å². The molecule has 4 aromatic carbocycles. The minimum Gasteiger partial charge on any atom is -0.410 e. The zero-order valence-corrected chi connectivity index (χ0v) is 19.5. The highest BCUT2D eigenvalue weighted by Gasteiger charge is 2.14. The molecular weight excluding hydrogens is 464 g/mol. The molecule has 0 fully saturated rings. The molecule has 0 bridgehead atoms. The van der Waals surface area contributed by atoms with E-state index in [-0.39, 0.29) is 0 Å². The van der Waals surface area contributed by atoms with Crippen molar-refractivity contribution in [2.45, 2.75) is 13.8 Å². The van der Waals surface area contributed by atoms with Gasteiger partial charge in [0.15, 0.2) is 0 Å². The third-order valence-corrected chi connectivity index (χ3v) is 5.69. The highest BCUT2D eigenvalue weighted by atomic mass is 79.9. The van der Waals surface area contributed by atoms with E-state index >= 15 is 0 Å². The molecule has 0 unspecified atom stereocenters. The second kappa shape index (κ2) is 9.28. The number of aryl methyl sites for hydroxylation is 2. The number of benzene rings is 4. The smallest absolute Gasteiger partial charge is 0.409 e. The van der Waals surface area contributed by atoms with Crippen molar-refractivity contribution in [2.75, 3.05) is 4.90 Å². The number of rotatable bonds is 5. The largest absolute Gasteiger partial charge is 0.410 e. The van der Waals surface area contributed by atoms with Crippen molar-refractivity contribution >= 4 is 39.1 Å². The van der Waals surface area contributed by atoms with E-state index in [0.29, 0.717) is 5.75 Å². The van der Waals surface area contributed by atoms with Crippen LogP contribution in [0.4, 0.5) is 21.9 Å². The Bertz CT molecular complexity index is 1190. The van der Waals surface area contributed by atoms with Gasteiger partial charge in [-0.1, -0.05) is 57.4 Å². The summed E-state index contributed by atoms with van der Waals surface area (Å²) in [6.45, 7) is 4.08. The molecule has 0 heterocycles. The van der Waals surface area contributed by atoms with E-state index in [9.17, 15) is 4.79 Å². The monoisotopic (exact) mass is 486 g/mol. The minimum absolute atomic E-state index is 0.444. The number of nitrogens with two attached hydrogens (primary N) is 1. The molecule has 1 amide bonds. The third kappa shape index (κ3) is 4.84. The lowest BCUT2D eigenvalue weighted by molar-refractivity contribution is 0.211. The fraction of sp³-hybridized carbons (Fsp3) is 0.0741. The van der Waals surface area contributed by atoms with Crippen molar-refractivity contribution in [3.8, 4) is 16.9 Å². The summed E-state index contributed by atoms with van der Waals surface area (Å²) in [6.07, 6.45) is -0.826. The summed E-state index contributed by atoms with van der Waals surface area (Å²) in [7, 11) is 0. The summed E-state index contributed by atoms with van der Waals surface area (Å²) in [4.78, 5) is 13.5. The first-order valence-corrected chi connectivity index (χ1v) is 11.0. The van der Waals surface area contributed by atoms with Gasteiger partial charge >= 0.3 is 6.09 Å². The van der Waals surface area contributed by atoms with Crippen molar-refractivity contribution in [3.63, 3.8) is 0 Å². The Morgan fingerprint density at radius 3 is 1.81 bits per heavy atom. The maximum absolute atomic E-state index is 11.3. The van der Waals surface area contributed by atoms with Crippen LogP contribution in [0.25, 0.3) is 11.1 Å². The topological polar surface area (TPSA) is 55.6 Å². The third-order valence-electron chi connectivity index (χ3n) is 5.16. The first-order chi connectivity index (χ1) is 15.4. The fourth-order valence-corrected chi connectivity index (χ4v) is 3.85. The number of carbonyl (C=O) groups excluding carboxylic acids is 1. The summed E-state index contributed by atoms with van der Waals surface area (Å²) in [5, 5.41) is 0. The number of nitrogens with zero attached hydrogens (tertiary/aromatic N) is 1. The van der Waals surface area contributed by atoms with E-state index in [2.05, 4.69) is 76.3 Å². The molecule has 2 N–H and O–H groups in total. The molecule has 0 aromatic heterocycles. The number of carbonyl (C=O) groups is 1. The SMILES string of the molecule is Cc1ccc(N(c2ccc(Br)cc2)c2ccc(-c3cc(C)ccc3OC(N)=O)cc2)cc1. The van der Waals surface area contributed by atoms with Crippen LogP contribution in [0.3, 0.4) is 0 Å². The maximum Gasteiger partial charge on any atom is 0.409 e. The molecule has 0 atom stereocenters. The molecular formula is C27H23BrN2O2. The lowest BCUT2D eigenvalue weighted by atomic mass is 10.0. The lowest BCUT2D eigenvalue weighted by Gasteiger charge is -2.26. The summed E-state index contributed by atoms with van der Waals surface area (Å²) >= 11 is 3.52. The predicted molar refractivity (Wildman–Crippen MR) is 134 cm³/mol. The van der Waals surface area contributed by atoms with Crippen LogP contribution in [0, 0.1) is 13.8 Å². The van der Waals surface area contributed by atoms with Gasteiger partial charge < -0.3 is 15.4 Å². The Morgan fingerprint density at radius 1 is 0.750 bits per heavy atom. The molecule has 0 saturated carbocycles.